The van der Waals surface area contributed by atoms with Crippen molar-refractivity contribution in [2.45, 2.75) is 38.8 Å². The van der Waals surface area contributed by atoms with Gasteiger partial charge in [-0.15, -0.1) is 0 Å². The molecule has 2 aromatic rings. The predicted octanol–water partition coefficient (Wildman–Crippen LogP) is 3.29. The minimum Gasteiger partial charge on any atom is -0.393 e. The molecule has 2 aromatic carbocycles. The zero-order chi connectivity index (χ0) is 17.4. The molecule has 4 heteroatoms. The molecule has 0 aliphatic carbocycles. The van der Waals surface area contributed by atoms with Crippen molar-refractivity contribution in [1.29, 1.82) is 0 Å². The highest BCUT2D eigenvalue weighted by Gasteiger charge is 2.13. The second kappa shape index (κ2) is 9.21. The van der Waals surface area contributed by atoms with E-state index in [2.05, 4.69) is 22.8 Å². The van der Waals surface area contributed by atoms with Crippen LogP contribution >= 0.6 is 0 Å². The number of benzene rings is 2. The molecule has 24 heavy (non-hydrogen) atoms. The van der Waals surface area contributed by atoms with Crippen LogP contribution in [0.15, 0.2) is 54.6 Å². The van der Waals surface area contributed by atoms with E-state index in [1.807, 2.05) is 49.4 Å². The molecular formula is C20H26N2O2. The molecule has 0 saturated carbocycles. The third kappa shape index (κ3) is 6.14. The van der Waals surface area contributed by atoms with Gasteiger partial charge in [-0.05, 0) is 42.5 Å². The second-order valence-corrected chi connectivity index (χ2v) is 6.20. The van der Waals surface area contributed by atoms with Crippen molar-refractivity contribution in [3.05, 3.63) is 65.7 Å². The SMILES string of the molecule is CC(=O)Nc1ccc(CNCC(CC(C)O)c2ccccc2)cc1. The van der Waals surface area contributed by atoms with Crippen molar-refractivity contribution in [2.75, 3.05) is 11.9 Å². The summed E-state index contributed by atoms with van der Waals surface area (Å²) in [5.74, 6) is 0.217. The van der Waals surface area contributed by atoms with E-state index in [0.717, 1.165) is 30.8 Å². The number of rotatable bonds is 8. The summed E-state index contributed by atoms with van der Waals surface area (Å²) in [7, 11) is 0. The van der Waals surface area contributed by atoms with Crippen LogP contribution in [0.1, 0.15) is 37.3 Å². The first-order chi connectivity index (χ1) is 11.5. The van der Waals surface area contributed by atoms with E-state index in [0.29, 0.717) is 0 Å². The molecule has 2 unspecified atom stereocenters. The van der Waals surface area contributed by atoms with Gasteiger partial charge in [-0.1, -0.05) is 42.5 Å². The topological polar surface area (TPSA) is 61.4 Å². The third-order valence-corrected chi connectivity index (χ3v) is 3.89. The van der Waals surface area contributed by atoms with Gasteiger partial charge in [0.15, 0.2) is 0 Å². The van der Waals surface area contributed by atoms with Crippen molar-refractivity contribution in [3.8, 4) is 0 Å². The van der Waals surface area contributed by atoms with Crippen LogP contribution in [0.3, 0.4) is 0 Å². The Morgan fingerprint density at radius 1 is 1.08 bits per heavy atom. The largest absolute Gasteiger partial charge is 0.393 e. The molecule has 0 fully saturated rings. The number of hydrogen-bond acceptors (Lipinski definition) is 3. The molecule has 0 aliphatic heterocycles. The number of aliphatic hydroxyl groups excluding tert-OH is 1. The number of carbonyl (C=O) groups excluding carboxylic acids is 1. The van der Waals surface area contributed by atoms with Crippen molar-refractivity contribution in [3.63, 3.8) is 0 Å². The monoisotopic (exact) mass is 326 g/mol. The summed E-state index contributed by atoms with van der Waals surface area (Å²) in [6, 6.07) is 18.1. The molecule has 0 spiro atoms. The first-order valence-electron chi connectivity index (χ1n) is 8.35. The molecule has 2 rings (SSSR count). The zero-order valence-corrected chi connectivity index (χ0v) is 14.3. The van der Waals surface area contributed by atoms with Gasteiger partial charge in [0.2, 0.25) is 5.91 Å². The number of amides is 1. The summed E-state index contributed by atoms with van der Waals surface area (Å²) in [5.41, 5.74) is 3.21. The van der Waals surface area contributed by atoms with E-state index in [9.17, 15) is 9.90 Å². The number of anilines is 1. The van der Waals surface area contributed by atoms with Crippen LogP contribution in [-0.2, 0) is 11.3 Å². The van der Waals surface area contributed by atoms with E-state index < -0.39 is 0 Å². The molecule has 0 aliphatic rings. The molecule has 128 valence electrons. The molecule has 0 saturated heterocycles. The molecule has 0 heterocycles. The van der Waals surface area contributed by atoms with E-state index in [4.69, 9.17) is 0 Å². The average Bonchev–Trinajstić information content (AvgIpc) is 2.55. The van der Waals surface area contributed by atoms with Gasteiger partial charge in [0.05, 0.1) is 6.10 Å². The molecule has 4 nitrogen and oxygen atoms in total. The summed E-state index contributed by atoms with van der Waals surface area (Å²) in [6.45, 7) is 4.89. The average molecular weight is 326 g/mol. The lowest BCUT2D eigenvalue weighted by atomic mass is 9.93. The minimum atomic E-state index is -0.325. The van der Waals surface area contributed by atoms with Crippen LogP contribution < -0.4 is 10.6 Å². The third-order valence-electron chi connectivity index (χ3n) is 3.89. The normalized spacial score (nSPS) is 13.3. The Morgan fingerprint density at radius 2 is 1.75 bits per heavy atom. The van der Waals surface area contributed by atoms with E-state index in [1.165, 1.54) is 12.5 Å². The van der Waals surface area contributed by atoms with Crippen LogP contribution in [0.2, 0.25) is 0 Å². The minimum absolute atomic E-state index is 0.0651. The van der Waals surface area contributed by atoms with Crippen LogP contribution in [0.25, 0.3) is 0 Å². The summed E-state index contributed by atoms with van der Waals surface area (Å²) in [5, 5.41) is 16.0. The van der Waals surface area contributed by atoms with Crippen LogP contribution in [-0.4, -0.2) is 23.7 Å². The highest BCUT2D eigenvalue weighted by atomic mass is 16.3. The van der Waals surface area contributed by atoms with Gasteiger partial charge in [-0.3, -0.25) is 4.79 Å². The summed E-state index contributed by atoms with van der Waals surface area (Å²) < 4.78 is 0. The Morgan fingerprint density at radius 3 is 2.33 bits per heavy atom. The zero-order valence-electron chi connectivity index (χ0n) is 14.3. The van der Waals surface area contributed by atoms with Crippen molar-refractivity contribution in [1.82, 2.24) is 5.32 Å². The van der Waals surface area contributed by atoms with Crippen LogP contribution in [0, 0.1) is 0 Å². The molecule has 3 N–H and O–H groups in total. The molecule has 0 radical (unpaired) electrons. The van der Waals surface area contributed by atoms with Gasteiger partial charge >= 0.3 is 0 Å². The first kappa shape index (κ1) is 18.2. The van der Waals surface area contributed by atoms with Crippen molar-refractivity contribution in [2.24, 2.45) is 0 Å². The fraction of sp³-hybridized carbons (Fsp3) is 0.350. The Bertz CT molecular complexity index is 624. The highest BCUT2D eigenvalue weighted by Crippen LogP contribution is 2.20. The fourth-order valence-corrected chi connectivity index (χ4v) is 2.77. The second-order valence-electron chi connectivity index (χ2n) is 6.20. The van der Waals surface area contributed by atoms with Gasteiger partial charge in [-0.25, -0.2) is 0 Å². The number of aliphatic hydroxyl groups is 1. The molecule has 0 bridgehead atoms. The summed E-state index contributed by atoms with van der Waals surface area (Å²) in [4.78, 5) is 11.0. The van der Waals surface area contributed by atoms with Gasteiger partial charge in [0.1, 0.15) is 0 Å². The highest BCUT2D eigenvalue weighted by molar-refractivity contribution is 5.88. The van der Waals surface area contributed by atoms with Crippen molar-refractivity contribution < 1.29 is 9.90 Å². The summed E-state index contributed by atoms with van der Waals surface area (Å²) in [6.07, 6.45) is 0.410. The van der Waals surface area contributed by atoms with E-state index >= 15 is 0 Å². The lowest BCUT2D eigenvalue weighted by Gasteiger charge is -2.20. The number of nitrogens with one attached hydrogen (secondary N) is 2. The Labute approximate surface area is 143 Å². The lowest BCUT2D eigenvalue weighted by molar-refractivity contribution is -0.114. The van der Waals surface area contributed by atoms with Gasteiger partial charge in [-0.2, -0.15) is 0 Å². The summed E-state index contributed by atoms with van der Waals surface area (Å²) >= 11 is 0. The molecular weight excluding hydrogens is 300 g/mol. The van der Waals surface area contributed by atoms with Gasteiger partial charge in [0.25, 0.3) is 0 Å². The van der Waals surface area contributed by atoms with E-state index in [-0.39, 0.29) is 17.9 Å². The first-order valence-corrected chi connectivity index (χ1v) is 8.35. The quantitative estimate of drug-likeness (QED) is 0.697. The van der Waals surface area contributed by atoms with Gasteiger partial charge in [0, 0.05) is 25.7 Å². The Kier molecular flexibility index (Phi) is 6.97. The number of carbonyl (C=O) groups is 1. The van der Waals surface area contributed by atoms with E-state index in [1.54, 1.807) is 0 Å². The Balaban J connectivity index is 1.89. The smallest absolute Gasteiger partial charge is 0.221 e. The standard InChI is InChI=1S/C20H26N2O2/c1-15(23)12-19(18-6-4-3-5-7-18)14-21-13-17-8-10-20(11-9-17)22-16(2)24/h3-11,15,19,21,23H,12-14H2,1-2H3,(H,22,24). The lowest BCUT2D eigenvalue weighted by Crippen LogP contribution is -2.23. The number of hydrogen-bond donors (Lipinski definition) is 3. The molecule has 1 amide bonds. The maximum absolute atomic E-state index is 11.0. The van der Waals surface area contributed by atoms with Crippen LogP contribution in [0.4, 0.5) is 5.69 Å². The molecule has 0 aromatic heterocycles. The van der Waals surface area contributed by atoms with Crippen LogP contribution in [0.5, 0.6) is 0 Å². The van der Waals surface area contributed by atoms with Gasteiger partial charge < -0.3 is 15.7 Å². The molecule has 2 atom stereocenters. The fourth-order valence-electron chi connectivity index (χ4n) is 2.77. The maximum Gasteiger partial charge on any atom is 0.221 e. The van der Waals surface area contributed by atoms with Crippen molar-refractivity contribution >= 4 is 11.6 Å². The maximum atomic E-state index is 11.0. The Hall–Kier alpha value is -2.17. The predicted molar refractivity (Wildman–Crippen MR) is 97.9 cm³/mol.